The quantitative estimate of drug-likeness (QED) is 0.408. The molecule has 1 fully saturated rings. The Morgan fingerprint density at radius 2 is 2.29 bits per heavy atom. The van der Waals surface area contributed by atoms with Crippen molar-refractivity contribution >= 4 is 11.9 Å². The van der Waals surface area contributed by atoms with Crippen molar-refractivity contribution in [2.75, 3.05) is 0 Å². The number of amides is 1. The van der Waals surface area contributed by atoms with Crippen LogP contribution in [0.4, 0.5) is 0 Å². The maximum atomic E-state index is 9.89. The van der Waals surface area contributed by atoms with Crippen molar-refractivity contribution in [2.45, 2.75) is 0 Å². The van der Waals surface area contributed by atoms with Gasteiger partial charge in [0.05, 0.1) is 0 Å². The van der Waals surface area contributed by atoms with Crippen LogP contribution in [0.1, 0.15) is 0 Å². The number of carbonyl (C=O) groups is 2. The van der Waals surface area contributed by atoms with Crippen LogP contribution in [-0.4, -0.2) is 11.9 Å². The molecule has 0 aromatic rings. The maximum Gasteiger partial charge on any atom is 0.351 e. The molecule has 36 valence electrons. The second-order valence-corrected chi connectivity index (χ2v) is 0.946. The zero-order chi connectivity index (χ0) is 5.28. The lowest BCUT2D eigenvalue weighted by molar-refractivity contribution is -0.143. The second kappa shape index (κ2) is 1.22. The Hall–Kier alpha value is -1.06. The highest BCUT2D eigenvalue weighted by Crippen LogP contribution is 1.89. The second-order valence-electron chi connectivity index (χ2n) is 0.946. The van der Waals surface area contributed by atoms with E-state index >= 15 is 0 Å². The van der Waals surface area contributed by atoms with Gasteiger partial charge in [-0.2, -0.15) is 5.48 Å². The number of hydroxylamine groups is 1. The molecule has 0 saturated carbocycles. The zero-order valence-corrected chi connectivity index (χ0v) is 3.22. The number of hydrogen-bond acceptors (Lipinski definition) is 3. The number of carbonyl (C=O) groups excluding carboxylic acids is 2. The molecule has 7 heavy (non-hydrogen) atoms. The lowest BCUT2D eigenvalue weighted by Gasteiger charge is -1.82. The lowest BCUT2D eigenvalue weighted by Crippen LogP contribution is -2.11. The van der Waals surface area contributed by atoms with E-state index in [-0.39, 0.29) is 0 Å². The molecule has 1 saturated heterocycles. The molecule has 0 aliphatic carbocycles. The topological polar surface area (TPSA) is 55.4 Å². The summed E-state index contributed by atoms with van der Waals surface area (Å²) < 4.78 is 0. The van der Waals surface area contributed by atoms with E-state index in [0.717, 1.165) is 0 Å². The molecule has 0 aromatic carbocycles. The molecule has 0 bridgehead atoms. The highest BCUT2D eigenvalue weighted by molar-refractivity contribution is 6.09. The van der Waals surface area contributed by atoms with Gasteiger partial charge in [0.1, 0.15) is 0 Å². The maximum absolute atomic E-state index is 9.89. The van der Waals surface area contributed by atoms with Crippen molar-refractivity contribution < 1.29 is 14.4 Å². The van der Waals surface area contributed by atoms with Gasteiger partial charge in [-0.15, -0.1) is 0 Å². The van der Waals surface area contributed by atoms with Gasteiger partial charge in [-0.3, -0.25) is 4.79 Å². The summed E-state index contributed by atoms with van der Waals surface area (Å²) in [5.41, 5.74) is 1.77. The van der Waals surface area contributed by atoms with Crippen LogP contribution < -0.4 is 5.48 Å². The molecule has 1 heterocycles. The minimum absolute atomic E-state index is 0.620. The third-order valence-corrected chi connectivity index (χ3v) is 0.452. The normalized spacial score (nSPS) is 18.9. The summed E-state index contributed by atoms with van der Waals surface area (Å²) in [7, 11) is 0. The molecule has 0 spiro atoms. The Bertz CT molecular complexity index is 105. The van der Waals surface area contributed by atoms with Crippen molar-refractivity contribution in [3.05, 3.63) is 6.42 Å². The molecule has 0 unspecified atom stereocenters. The molecule has 0 aromatic heterocycles. The van der Waals surface area contributed by atoms with Gasteiger partial charge < -0.3 is 4.84 Å². The van der Waals surface area contributed by atoms with E-state index < -0.39 is 11.9 Å². The predicted octanol–water partition coefficient (Wildman–Crippen LogP) is -1.34. The van der Waals surface area contributed by atoms with E-state index in [9.17, 15) is 9.59 Å². The third-order valence-electron chi connectivity index (χ3n) is 0.452. The van der Waals surface area contributed by atoms with Gasteiger partial charge >= 0.3 is 5.97 Å². The fourth-order valence-electron chi connectivity index (χ4n) is 0.236. The van der Waals surface area contributed by atoms with Crippen molar-refractivity contribution in [2.24, 2.45) is 0 Å². The monoisotopic (exact) mass is 99.0 g/mol. The molecule has 2 radical (unpaired) electrons. The summed E-state index contributed by atoms with van der Waals surface area (Å²) in [5, 5.41) is 0. The van der Waals surface area contributed by atoms with Gasteiger partial charge in [0, 0.05) is 0 Å². The minimum atomic E-state index is -0.759. The standard InChI is InChI=1S/C3HNO3/c5-2-1-3(6)7-4-2/h(H,4,5). The first-order chi connectivity index (χ1) is 3.29. The van der Waals surface area contributed by atoms with Crippen molar-refractivity contribution in [1.29, 1.82) is 0 Å². The highest BCUT2D eigenvalue weighted by atomic mass is 16.7. The first kappa shape index (κ1) is 4.11. The molecule has 1 N–H and O–H groups in total. The van der Waals surface area contributed by atoms with E-state index in [1.54, 1.807) is 11.9 Å². The molecule has 4 nitrogen and oxygen atoms in total. The van der Waals surface area contributed by atoms with Crippen LogP contribution in [0.15, 0.2) is 0 Å². The first-order valence-electron chi connectivity index (χ1n) is 1.57. The van der Waals surface area contributed by atoms with Crippen LogP contribution in [-0.2, 0) is 14.4 Å². The summed E-state index contributed by atoms with van der Waals surface area (Å²) in [6.45, 7) is 0. The van der Waals surface area contributed by atoms with Crippen LogP contribution in [0.2, 0.25) is 0 Å². The van der Waals surface area contributed by atoms with Crippen molar-refractivity contribution in [3.63, 3.8) is 0 Å². The number of rotatable bonds is 0. The van der Waals surface area contributed by atoms with E-state index in [1.165, 1.54) is 0 Å². The minimum Gasteiger partial charge on any atom is -0.339 e. The van der Waals surface area contributed by atoms with E-state index in [4.69, 9.17) is 0 Å². The first-order valence-corrected chi connectivity index (χ1v) is 1.57. The summed E-state index contributed by atoms with van der Waals surface area (Å²) in [5.74, 6) is -1.38. The van der Waals surface area contributed by atoms with Gasteiger partial charge in [-0.25, -0.2) is 4.79 Å². The fraction of sp³-hybridized carbons (Fsp3) is 0. The predicted molar refractivity (Wildman–Crippen MR) is 17.5 cm³/mol. The van der Waals surface area contributed by atoms with E-state index in [2.05, 4.69) is 4.84 Å². The molecular formula is C3HNO3. The summed E-state index contributed by atoms with van der Waals surface area (Å²) in [6, 6.07) is 0. The van der Waals surface area contributed by atoms with Crippen LogP contribution >= 0.6 is 0 Å². The molecule has 1 aliphatic heterocycles. The average molecular weight is 99.0 g/mol. The largest absolute Gasteiger partial charge is 0.351 e. The zero-order valence-electron chi connectivity index (χ0n) is 3.22. The molecule has 1 amide bonds. The van der Waals surface area contributed by atoms with Crippen LogP contribution in [0.5, 0.6) is 0 Å². The van der Waals surface area contributed by atoms with Crippen LogP contribution in [0, 0.1) is 6.42 Å². The Kier molecular flexibility index (Phi) is 0.714. The molecule has 1 rings (SSSR count). The highest BCUT2D eigenvalue weighted by Gasteiger charge is 2.20. The SMILES string of the molecule is O=C1[C]C(=O)ON1. The summed E-state index contributed by atoms with van der Waals surface area (Å²) in [6.07, 6.45) is 1.81. The Balaban J connectivity index is 2.55. The molecule has 0 atom stereocenters. The van der Waals surface area contributed by atoms with E-state index in [1.807, 2.05) is 0 Å². The lowest BCUT2D eigenvalue weighted by atomic mass is 10.4. The van der Waals surface area contributed by atoms with Gasteiger partial charge in [0.25, 0.3) is 5.91 Å². The smallest absolute Gasteiger partial charge is 0.339 e. The Labute approximate surface area is 39.4 Å². The fourth-order valence-corrected chi connectivity index (χ4v) is 0.236. The Morgan fingerprint density at radius 3 is 2.43 bits per heavy atom. The van der Waals surface area contributed by atoms with Gasteiger partial charge in [0.2, 0.25) is 6.42 Å². The molecular weight excluding hydrogens is 98.0 g/mol. The summed E-state index contributed by atoms with van der Waals surface area (Å²) in [4.78, 5) is 23.6. The van der Waals surface area contributed by atoms with Gasteiger partial charge in [-0.1, -0.05) is 0 Å². The van der Waals surface area contributed by atoms with Crippen molar-refractivity contribution in [1.82, 2.24) is 5.48 Å². The average Bonchev–Trinajstić information content (AvgIpc) is 1.87. The van der Waals surface area contributed by atoms with Gasteiger partial charge in [0.15, 0.2) is 0 Å². The van der Waals surface area contributed by atoms with Crippen molar-refractivity contribution in [3.8, 4) is 0 Å². The third kappa shape index (κ3) is 0.677. The summed E-state index contributed by atoms with van der Waals surface area (Å²) >= 11 is 0. The van der Waals surface area contributed by atoms with E-state index in [0.29, 0.717) is 0 Å². The Morgan fingerprint density at radius 1 is 1.57 bits per heavy atom. The van der Waals surface area contributed by atoms with Crippen LogP contribution in [0.25, 0.3) is 0 Å². The molecule has 1 aliphatic rings. The molecule has 4 heteroatoms. The number of hydrogen-bond donors (Lipinski definition) is 1. The van der Waals surface area contributed by atoms with Gasteiger partial charge in [-0.05, 0) is 0 Å². The van der Waals surface area contributed by atoms with Crippen LogP contribution in [0.3, 0.4) is 0 Å². The number of nitrogens with one attached hydrogen (secondary N) is 1.